The summed E-state index contributed by atoms with van der Waals surface area (Å²) in [4.78, 5) is 5.95. The molecular weight excluding hydrogens is 572 g/mol. The van der Waals surface area contributed by atoms with Crippen LogP contribution in [0.2, 0.25) is 0 Å². The number of fused-ring (bicyclic) bond motifs is 2. The van der Waals surface area contributed by atoms with Crippen molar-refractivity contribution in [3.8, 4) is 0 Å². The van der Waals surface area contributed by atoms with Crippen LogP contribution in [0.15, 0.2) is 144 Å². The van der Waals surface area contributed by atoms with Crippen LogP contribution in [0.1, 0.15) is 11.1 Å². The lowest BCUT2D eigenvalue weighted by Crippen LogP contribution is -1.99. The monoisotopic (exact) mass is 602 g/mol. The summed E-state index contributed by atoms with van der Waals surface area (Å²) in [5, 5.41) is 2.51. The van der Waals surface area contributed by atoms with Crippen molar-refractivity contribution in [3.63, 3.8) is 0 Å². The number of aromatic amines is 2. The number of nitrogens with one attached hydrogen (secondary N) is 2. The number of aromatic nitrogens is 2. The van der Waals surface area contributed by atoms with E-state index in [2.05, 4.69) is 46.4 Å². The van der Waals surface area contributed by atoms with Crippen LogP contribution in [-0.2, 0) is 20.2 Å². The summed E-state index contributed by atoms with van der Waals surface area (Å²) in [5.74, 6) is 0. The third kappa shape index (κ3) is 10.5. The van der Waals surface area contributed by atoms with Crippen LogP contribution < -0.4 is 9.97 Å². The number of benzene rings is 4. The van der Waals surface area contributed by atoms with Gasteiger partial charge in [-0.05, 0) is 62.4 Å². The van der Waals surface area contributed by atoms with E-state index in [0.29, 0.717) is 0 Å². The van der Waals surface area contributed by atoms with Gasteiger partial charge in [0.1, 0.15) is 20.2 Å². The number of H-pyrrole nitrogens is 2. The molecule has 2 aromatic heterocycles. The number of para-hydroxylation sites is 2. The Morgan fingerprint density at radius 1 is 0.452 bits per heavy atom. The van der Waals surface area contributed by atoms with Gasteiger partial charge in [-0.3, -0.25) is 0 Å². The zero-order chi connectivity index (χ0) is 30.6. The lowest BCUT2D eigenvalue weighted by molar-refractivity contribution is -0.345. The minimum atomic E-state index is -4.27. The third-order valence-corrected chi connectivity index (χ3v) is 7.46. The first kappa shape index (κ1) is 32.0. The summed E-state index contributed by atoms with van der Waals surface area (Å²) in [5.41, 5.74) is 4.23. The van der Waals surface area contributed by atoms with Crippen LogP contribution in [0, 0.1) is 13.8 Å². The van der Waals surface area contributed by atoms with Crippen LogP contribution in [0.5, 0.6) is 0 Å². The fourth-order valence-electron chi connectivity index (χ4n) is 3.54. The maximum atomic E-state index is 10.4. The first-order valence-corrected chi connectivity index (χ1v) is 15.5. The summed E-state index contributed by atoms with van der Waals surface area (Å²) in [6.07, 6.45) is 3.87. The van der Waals surface area contributed by atoms with Gasteiger partial charge in [0.05, 0.1) is 9.79 Å². The van der Waals surface area contributed by atoms with Gasteiger partial charge < -0.3 is 9.11 Å². The summed E-state index contributed by atoms with van der Waals surface area (Å²) in [6.45, 7) is 3.64. The molecule has 42 heavy (non-hydrogen) atoms. The van der Waals surface area contributed by atoms with Crippen molar-refractivity contribution in [1.29, 1.82) is 0 Å². The minimum absolute atomic E-state index is 0.178. The van der Waals surface area contributed by atoms with Crippen LogP contribution in [0.25, 0.3) is 21.8 Å². The van der Waals surface area contributed by atoms with E-state index < -0.39 is 20.2 Å². The summed E-state index contributed by atoms with van der Waals surface area (Å²) in [6, 6.07) is 36.2. The maximum Gasteiger partial charge on any atom is 0.210 e. The van der Waals surface area contributed by atoms with Gasteiger partial charge in [-0.2, -0.15) is 0 Å². The molecule has 0 bridgehead atoms. The van der Waals surface area contributed by atoms with Crippen LogP contribution in [0.4, 0.5) is 0 Å². The molecule has 8 nitrogen and oxygen atoms in total. The summed E-state index contributed by atoms with van der Waals surface area (Å²) >= 11 is 0. The normalized spacial score (nSPS) is 10.8. The molecule has 0 spiro atoms. The molecule has 0 aliphatic rings. The van der Waals surface area contributed by atoms with E-state index in [1.807, 2.05) is 62.6 Å². The SMILES string of the molecule is Cc1ccc(S(=O)(=O)[O-])cc1.Cc1ccc(S(=O)(=O)[O-])cc1.c1ccc2[nH+]cccc2c1.c1ccc2[nH+]cccc2c1. The summed E-state index contributed by atoms with van der Waals surface area (Å²) < 4.78 is 62.3. The van der Waals surface area contributed by atoms with Crippen molar-refractivity contribution in [2.24, 2.45) is 0 Å². The molecule has 216 valence electrons. The molecule has 2 heterocycles. The Morgan fingerprint density at radius 2 is 0.762 bits per heavy atom. The average Bonchev–Trinajstić information content (AvgIpc) is 2.98. The first-order valence-electron chi connectivity index (χ1n) is 12.7. The van der Waals surface area contributed by atoms with E-state index >= 15 is 0 Å². The fourth-order valence-corrected chi connectivity index (χ4v) is 4.48. The van der Waals surface area contributed by atoms with Crippen LogP contribution in [0.3, 0.4) is 0 Å². The highest BCUT2D eigenvalue weighted by Crippen LogP contribution is 2.10. The molecule has 0 aliphatic carbocycles. The fraction of sp³-hybridized carbons (Fsp3) is 0.0625. The second-order valence-electron chi connectivity index (χ2n) is 9.05. The van der Waals surface area contributed by atoms with E-state index in [4.69, 9.17) is 0 Å². The zero-order valence-electron chi connectivity index (χ0n) is 23.0. The molecule has 6 aromatic rings. The molecule has 0 unspecified atom stereocenters. The van der Waals surface area contributed by atoms with Crippen molar-refractivity contribution in [2.45, 2.75) is 23.6 Å². The standard InChI is InChI=1S/2C9H7N.2C7H8O3S/c2*1-2-6-9-8(4-1)5-3-7-10-9;2*1-6-2-4-7(5-3-6)11(8,9)10/h2*1-7H;2*2-5H,1H3,(H,8,9,10). The van der Waals surface area contributed by atoms with Crippen molar-refractivity contribution in [2.75, 3.05) is 0 Å². The Morgan fingerprint density at radius 3 is 1.07 bits per heavy atom. The Labute approximate surface area is 245 Å². The smallest absolute Gasteiger partial charge is 0.210 e. The largest absolute Gasteiger partial charge is 0.744 e. The van der Waals surface area contributed by atoms with E-state index in [1.165, 1.54) is 46.1 Å². The van der Waals surface area contributed by atoms with Crippen LogP contribution >= 0.6 is 0 Å². The number of hydrogen-bond donors (Lipinski definition) is 0. The van der Waals surface area contributed by atoms with Gasteiger partial charge in [0.2, 0.25) is 11.0 Å². The molecule has 0 aliphatic heterocycles. The van der Waals surface area contributed by atoms with Crippen molar-refractivity contribution >= 4 is 42.0 Å². The van der Waals surface area contributed by atoms with Gasteiger partial charge in [-0.25, -0.2) is 26.8 Å². The second kappa shape index (κ2) is 14.9. The van der Waals surface area contributed by atoms with Gasteiger partial charge in [-0.15, -0.1) is 0 Å². The topological polar surface area (TPSA) is 143 Å². The molecule has 4 aromatic carbocycles. The molecular formula is C32H30N2O6S2. The van der Waals surface area contributed by atoms with Gasteiger partial charge in [0, 0.05) is 35.0 Å². The summed E-state index contributed by atoms with van der Waals surface area (Å²) in [7, 11) is -8.54. The van der Waals surface area contributed by atoms with E-state index in [9.17, 15) is 25.9 Å². The Balaban J connectivity index is 0.000000154. The van der Waals surface area contributed by atoms with Gasteiger partial charge >= 0.3 is 0 Å². The molecule has 10 heteroatoms. The highest BCUT2D eigenvalue weighted by Gasteiger charge is 1.99. The van der Waals surface area contributed by atoms with Crippen molar-refractivity contribution in [1.82, 2.24) is 0 Å². The first-order chi connectivity index (χ1) is 19.9. The lowest BCUT2D eigenvalue weighted by atomic mass is 10.2. The molecule has 0 atom stereocenters. The maximum absolute atomic E-state index is 10.4. The quantitative estimate of drug-likeness (QED) is 0.252. The van der Waals surface area contributed by atoms with E-state index in [-0.39, 0.29) is 9.79 Å². The van der Waals surface area contributed by atoms with Crippen molar-refractivity contribution in [3.05, 3.63) is 145 Å². The van der Waals surface area contributed by atoms with E-state index in [0.717, 1.165) is 11.1 Å². The molecule has 6 rings (SSSR count). The zero-order valence-corrected chi connectivity index (χ0v) is 24.6. The van der Waals surface area contributed by atoms with Crippen molar-refractivity contribution < 1.29 is 35.9 Å². The molecule has 0 saturated carbocycles. The van der Waals surface area contributed by atoms with Crippen LogP contribution in [-0.4, -0.2) is 25.9 Å². The highest BCUT2D eigenvalue weighted by atomic mass is 32.2. The molecule has 0 amide bonds. The van der Waals surface area contributed by atoms with Gasteiger partial charge in [0.25, 0.3) is 0 Å². The lowest BCUT2D eigenvalue weighted by Gasteiger charge is -2.05. The predicted octanol–water partition coefficient (Wildman–Crippen LogP) is 5.11. The van der Waals surface area contributed by atoms with Gasteiger partial charge in [0.15, 0.2) is 12.4 Å². The Hall–Kier alpha value is -4.48. The third-order valence-electron chi connectivity index (χ3n) is 5.76. The number of hydrogen-bond acceptors (Lipinski definition) is 6. The highest BCUT2D eigenvalue weighted by molar-refractivity contribution is 7.86. The number of pyridine rings is 2. The number of aryl methyl sites for hydroxylation is 2. The van der Waals surface area contributed by atoms with E-state index in [1.54, 1.807) is 24.3 Å². The second-order valence-corrected chi connectivity index (χ2v) is 11.8. The molecule has 0 saturated heterocycles. The molecule has 0 radical (unpaired) electrons. The Bertz CT molecular complexity index is 1670. The average molecular weight is 603 g/mol. The number of rotatable bonds is 2. The molecule has 0 fully saturated rings. The Kier molecular flexibility index (Phi) is 11.4. The molecule has 2 N–H and O–H groups in total. The van der Waals surface area contributed by atoms with Gasteiger partial charge in [-0.1, -0.05) is 59.7 Å². The predicted molar refractivity (Wildman–Crippen MR) is 159 cm³/mol. The minimum Gasteiger partial charge on any atom is -0.744 e.